The zero-order valence-electron chi connectivity index (χ0n) is 14.8. The topological polar surface area (TPSA) is 58.6 Å². The van der Waals surface area contributed by atoms with Crippen LogP contribution in [0.25, 0.3) is 0 Å². The van der Waals surface area contributed by atoms with Gasteiger partial charge in [-0.15, -0.1) is 0 Å². The molecule has 0 heterocycles. The van der Waals surface area contributed by atoms with Crippen molar-refractivity contribution in [3.05, 3.63) is 65.7 Å². The number of carbonyl (C=O) groups is 1. The minimum atomic E-state index is -3.93. The van der Waals surface area contributed by atoms with Crippen LogP contribution in [0.4, 0.5) is 26.3 Å². The van der Waals surface area contributed by atoms with E-state index in [1.807, 2.05) is 5.32 Å². The molecule has 1 atom stereocenters. The van der Waals surface area contributed by atoms with E-state index < -0.39 is 55.1 Å². The number of carboxylic acids is 1. The highest BCUT2D eigenvalue weighted by Crippen LogP contribution is 2.27. The Kier molecular flexibility index (Phi) is 7.12. The Morgan fingerprint density at radius 1 is 0.966 bits per heavy atom. The molecule has 0 fully saturated rings. The van der Waals surface area contributed by atoms with Gasteiger partial charge in [0.2, 0.25) is 0 Å². The number of alkyl halides is 4. The Hall–Kier alpha value is -2.75. The van der Waals surface area contributed by atoms with Gasteiger partial charge in [0.15, 0.2) is 0 Å². The summed E-state index contributed by atoms with van der Waals surface area (Å²) >= 11 is 0. The summed E-state index contributed by atoms with van der Waals surface area (Å²) in [5.41, 5.74) is 0.0607. The van der Waals surface area contributed by atoms with E-state index in [0.717, 1.165) is 48.5 Å². The van der Waals surface area contributed by atoms with Gasteiger partial charge in [-0.2, -0.15) is 8.78 Å². The van der Waals surface area contributed by atoms with Crippen LogP contribution in [-0.2, 0) is 11.2 Å². The molecule has 10 heteroatoms. The van der Waals surface area contributed by atoms with Crippen molar-refractivity contribution in [2.45, 2.75) is 30.9 Å². The predicted molar refractivity (Wildman–Crippen MR) is 91.1 cm³/mol. The number of carboxylic acid groups (broad SMARTS) is 1. The molecule has 2 N–H and O–H groups in total. The second-order valence-electron chi connectivity index (χ2n) is 6.33. The number of halogens is 6. The highest BCUT2D eigenvalue weighted by Gasteiger charge is 2.39. The van der Waals surface area contributed by atoms with Crippen LogP contribution in [0, 0.1) is 11.6 Å². The minimum Gasteiger partial charge on any atom is -0.480 e. The van der Waals surface area contributed by atoms with E-state index in [9.17, 15) is 31.1 Å². The number of nitrogens with one attached hydrogen (secondary N) is 1. The molecule has 0 amide bonds. The van der Waals surface area contributed by atoms with Gasteiger partial charge in [0, 0.05) is 12.8 Å². The van der Waals surface area contributed by atoms with Crippen LogP contribution >= 0.6 is 0 Å². The van der Waals surface area contributed by atoms with E-state index in [1.54, 1.807) is 0 Å². The van der Waals surface area contributed by atoms with E-state index in [2.05, 4.69) is 4.74 Å². The quantitative estimate of drug-likeness (QED) is 0.564. The Morgan fingerprint density at radius 2 is 1.48 bits per heavy atom. The Bertz CT molecular complexity index is 812. The summed E-state index contributed by atoms with van der Waals surface area (Å²) in [5.74, 6) is -6.98. The summed E-state index contributed by atoms with van der Waals surface area (Å²) in [6.45, 7) is -1.37. The maximum Gasteiger partial charge on any atom is 0.410 e. The van der Waals surface area contributed by atoms with Crippen molar-refractivity contribution in [2.75, 3.05) is 6.54 Å². The summed E-state index contributed by atoms with van der Waals surface area (Å²) in [5, 5.41) is 10.9. The van der Waals surface area contributed by atoms with E-state index in [4.69, 9.17) is 5.11 Å². The highest BCUT2D eigenvalue weighted by molar-refractivity contribution is 5.73. The van der Waals surface area contributed by atoms with Crippen LogP contribution in [0.3, 0.4) is 0 Å². The van der Waals surface area contributed by atoms with Crippen LogP contribution < -0.4 is 10.1 Å². The van der Waals surface area contributed by atoms with Crippen molar-refractivity contribution in [3.63, 3.8) is 0 Å². The van der Waals surface area contributed by atoms with Gasteiger partial charge in [0.1, 0.15) is 30.0 Å². The third-order valence-electron chi connectivity index (χ3n) is 3.81. The number of aliphatic carboxylic acids is 1. The Morgan fingerprint density at radius 3 is 2.00 bits per heavy atom. The van der Waals surface area contributed by atoms with Gasteiger partial charge in [-0.3, -0.25) is 10.1 Å². The number of ether oxygens (including phenoxy) is 1. The third kappa shape index (κ3) is 7.65. The second-order valence-corrected chi connectivity index (χ2v) is 6.33. The van der Waals surface area contributed by atoms with Crippen molar-refractivity contribution in [1.29, 1.82) is 0 Å². The summed E-state index contributed by atoms with van der Waals surface area (Å²) in [6.07, 6.45) is -6.09. The minimum absolute atomic E-state index is 0.0607. The molecule has 0 radical (unpaired) electrons. The van der Waals surface area contributed by atoms with E-state index >= 15 is 0 Å². The molecule has 0 saturated carbocycles. The fraction of sp³-hybridized carbons (Fsp3) is 0.316. The van der Waals surface area contributed by atoms with Crippen molar-refractivity contribution in [3.8, 4) is 5.75 Å². The molecule has 2 aromatic rings. The van der Waals surface area contributed by atoms with Crippen molar-refractivity contribution >= 4 is 5.97 Å². The lowest BCUT2D eigenvalue weighted by Gasteiger charge is -2.24. The van der Waals surface area contributed by atoms with E-state index in [-0.39, 0.29) is 11.3 Å². The first-order valence-corrected chi connectivity index (χ1v) is 8.37. The lowest BCUT2D eigenvalue weighted by molar-refractivity contribution is -0.175. The second kappa shape index (κ2) is 9.17. The van der Waals surface area contributed by atoms with Gasteiger partial charge in [-0.05, 0) is 42.0 Å². The molecule has 4 nitrogen and oxygen atoms in total. The maximum atomic E-state index is 14.2. The monoisotopic (exact) mass is 421 g/mol. The van der Waals surface area contributed by atoms with Crippen LogP contribution in [0.5, 0.6) is 5.75 Å². The zero-order valence-corrected chi connectivity index (χ0v) is 14.8. The molecule has 158 valence electrons. The molecule has 0 aliphatic heterocycles. The fourth-order valence-electron chi connectivity index (χ4n) is 2.47. The summed E-state index contributed by atoms with van der Waals surface area (Å²) < 4.78 is 86.0. The van der Waals surface area contributed by atoms with E-state index in [0.29, 0.717) is 0 Å². The maximum absolute atomic E-state index is 14.2. The van der Waals surface area contributed by atoms with Crippen LogP contribution in [0.15, 0.2) is 48.5 Å². The van der Waals surface area contributed by atoms with Crippen LogP contribution in [-0.4, -0.2) is 35.7 Å². The molecule has 2 aromatic carbocycles. The third-order valence-corrected chi connectivity index (χ3v) is 3.81. The van der Waals surface area contributed by atoms with Crippen molar-refractivity contribution in [1.82, 2.24) is 5.32 Å². The normalized spacial score (nSPS) is 13.2. The molecule has 0 spiro atoms. The molecular formula is C19H17F6NO3. The number of rotatable bonds is 10. The van der Waals surface area contributed by atoms with Crippen molar-refractivity contribution < 1.29 is 41.0 Å². The van der Waals surface area contributed by atoms with Crippen molar-refractivity contribution in [2.24, 2.45) is 0 Å². The molecule has 0 saturated heterocycles. The number of hydrogen-bond acceptors (Lipinski definition) is 3. The van der Waals surface area contributed by atoms with Gasteiger partial charge in [-0.1, -0.05) is 12.1 Å². The summed E-state index contributed by atoms with van der Waals surface area (Å²) in [4.78, 5) is 11.2. The average Bonchev–Trinajstić information content (AvgIpc) is 2.62. The molecule has 0 aliphatic rings. The van der Waals surface area contributed by atoms with Gasteiger partial charge in [0.05, 0.1) is 0 Å². The van der Waals surface area contributed by atoms with Crippen LogP contribution in [0.1, 0.15) is 12.0 Å². The molecule has 0 bridgehead atoms. The lowest BCUT2D eigenvalue weighted by Crippen LogP contribution is -2.48. The first kappa shape index (κ1) is 22.5. The zero-order chi connectivity index (χ0) is 21.7. The first-order valence-electron chi connectivity index (χ1n) is 8.37. The number of benzene rings is 2. The molecule has 0 aliphatic carbocycles. The first-order chi connectivity index (χ1) is 13.5. The smallest absolute Gasteiger partial charge is 0.410 e. The van der Waals surface area contributed by atoms with E-state index in [1.165, 1.54) is 0 Å². The van der Waals surface area contributed by atoms with Gasteiger partial charge in [0.25, 0.3) is 5.92 Å². The standard InChI is InChI=1S/C19H17F6NO3/c20-13-3-1-12(2-4-13)9-18(22,23)10-16(17(27)28)26-11-19(24,25)29-15-7-5-14(21)6-8-15/h1-8,16,26H,9-11H2,(H,27,28)/t16-/m0/s1. The number of hydrogen-bond donors (Lipinski definition) is 2. The average molecular weight is 421 g/mol. The molecule has 29 heavy (non-hydrogen) atoms. The predicted octanol–water partition coefficient (Wildman–Crippen LogP) is 4.25. The largest absolute Gasteiger partial charge is 0.480 e. The molecular weight excluding hydrogens is 404 g/mol. The molecule has 0 unspecified atom stereocenters. The molecule has 2 rings (SSSR count). The van der Waals surface area contributed by atoms with Crippen LogP contribution in [0.2, 0.25) is 0 Å². The SMILES string of the molecule is O=C(O)[C@H](CC(F)(F)Cc1ccc(F)cc1)NCC(F)(F)Oc1ccc(F)cc1. The van der Waals surface area contributed by atoms with Gasteiger partial charge >= 0.3 is 12.1 Å². The lowest BCUT2D eigenvalue weighted by atomic mass is 10.0. The highest BCUT2D eigenvalue weighted by atomic mass is 19.3. The fourth-order valence-corrected chi connectivity index (χ4v) is 2.47. The summed E-state index contributed by atoms with van der Waals surface area (Å²) in [6, 6.07) is 5.85. The van der Waals surface area contributed by atoms with Gasteiger partial charge in [-0.25, -0.2) is 17.6 Å². The van der Waals surface area contributed by atoms with Gasteiger partial charge < -0.3 is 9.84 Å². The Labute approximate surface area is 162 Å². The summed E-state index contributed by atoms with van der Waals surface area (Å²) in [7, 11) is 0. The molecule has 0 aromatic heterocycles. The Balaban J connectivity index is 1.96.